The third-order valence-corrected chi connectivity index (χ3v) is 3.59. The van der Waals surface area contributed by atoms with Crippen molar-refractivity contribution >= 4 is 5.97 Å². The summed E-state index contributed by atoms with van der Waals surface area (Å²) in [7, 11) is 0. The van der Waals surface area contributed by atoms with Crippen LogP contribution in [0.4, 0.5) is 0 Å². The predicted octanol–water partition coefficient (Wildman–Crippen LogP) is 4.13. The van der Waals surface area contributed by atoms with E-state index in [4.69, 9.17) is 0 Å². The maximum absolute atomic E-state index is 11.6. The van der Waals surface area contributed by atoms with Gasteiger partial charge in [0, 0.05) is 0 Å². The van der Waals surface area contributed by atoms with Gasteiger partial charge in [-0.1, -0.05) is 58.4 Å². The van der Waals surface area contributed by atoms with Crippen molar-refractivity contribution in [2.45, 2.75) is 58.3 Å². The van der Waals surface area contributed by atoms with E-state index in [0.717, 1.165) is 12.0 Å². The third-order valence-electron chi connectivity index (χ3n) is 3.59. The number of benzene rings is 1. The molecule has 0 fully saturated rings. The van der Waals surface area contributed by atoms with Crippen molar-refractivity contribution in [3.63, 3.8) is 0 Å². The first-order valence-electron chi connectivity index (χ1n) is 6.56. The van der Waals surface area contributed by atoms with Crippen molar-refractivity contribution in [3.8, 4) is 0 Å². The van der Waals surface area contributed by atoms with E-state index in [2.05, 4.69) is 26.8 Å². The number of hydrogen-bond acceptors (Lipinski definition) is 1. The van der Waals surface area contributed by atoms with Gasteiger partial charge in [-0.3, -0.25) is 4.79 Å². The Bertz CT molecular complexity index is 429. The average Bonchev–Trinajstić information content (AvgIpc) is 2.28. The molecule has 0 aromatic heterocycles. The number of carbonyl (C=O) groups is 1. The van der Waals surface area contributed by atoms with E-state index in [-0.39, 0.29) is 5.41 Å². The second kappa shape index (κ2) is 5.13. The molecule has 1 aromatic carbocycles. The van der Waals surface area contributed by atoms with Gasteiger partial charge in [0.1, 0.15) is 0 Å². The van der Waals surface area contributed by atoms with E-state index in [9.17, 15) is 9.90 Å². The van der Waals surface area contributed by atoms with E-state index >= 15 is 0 Å². The Morgan fingerprint density at radius 2 is 1.72 bits per heavy atom. The van der Waals surface area contributed by atoms with Gasteiger partial charge in [0.15, 0.2) is 0 Å². The lowest BCUT2D eigenvalue weighted by Crippen LogP contribution is -2.32. The molecule has 1 atom stereocenters. The minimum absolute atomic E-state index is 0.0433. The van der Waals surface area contributed by atoms with Gasteiger partial charge in [-0.2, -0.15) is 0 Å². The topological polar surface area (TPSA) is 37.3 Å². The molecule has 0 radical (unpaired) electrons. The Morgan fingerprint density at radius 3 is 2.17 bits per heavy atom. The number of rotatable bonds is 4. The summed E-state index contributed by atoms with van der Waals surface area (Å²) in [6.07, 6.45) is 1.53. The van der Waals surface area contributed by atoms with Crippen LogP contribution in [0.25, 0.3) is 0 Å². The summed E-state index contributed by atoms with van der Waals surface area (Å²) in [5.74, 6) is -0.740. The smallest absolute Gasteiger partial charge is 0.313 e. The van der Waals surface area contributed by atoms with Gasteiger partial charge in [-0.15, -0.1) is 0 Å². The molecule has 0 heterocycles. The first-order chi connectivity index (χ1) is 8.21. The monoisotopic (exact) mass is 248 g/mol. The molecule has 100 valence electrons. The molecular formula is C16H24O2. The largest absolute Gasteiger partial charge is 0.481 e. The SMILES string of the molecule is CCCC(C)(C(=O)O)c1cccc(C(C)(C)C)c1. The number of aliphatic carboxylic acids is 1. The first-order valence-corrected chi connectivity index (χ1v) is 6.56. The minimum Gasteiger partial charge on any atom is -0.481 e. The van der Waals surface area contributed by atoms with Crippen molar-refractivity contribution in [1.82, 2.24) is 0 Å². The summed E-state index contributed by atoms with van der Waals surface area (Å²) < 4.78 is 0. The lowest BCUT2D eigenvalue weighted by atomic mass is 9.76. The lowest BCUT2D eigenvalue weighted by Gasteiger charge is -2.27. The van der Waals surface area contributed by atoms with Gasteiger partial charge in [-0.05, 0) is 29.9 Å². The van der Waals surface area contributed by atoms with Gasteiger partial charge < -0.3 is 5.11 Å². The maximum atomic E-state index is 11.6. The molecule has 1 rings (SSSR count). The molecule has 0 spiro atoms. The molecule has 0 saturated heterocycles. The summed E-state index contributed by atoms with van der Waals surface area (Å²) in [6.45, 7) is 10.3. The van der Waals surface area contributed by atoms with Crippen LogP contribution in [0.2, 0.25) is 0 Å². The fourth-order valence-corrected chi connectivity index (χ4v) is 2.20. The fourth-order valence-electron chi connectivity index (χ4n) is 2.20. The molecule has 1 aromatic rings. The maximum Gasteiger partial charge on any atom is 0.313 e. The van der Waals surface area contributed by atoms with Crippen molar-refractivity contribution in [3.05, 3.63) is 35.4 Å². The molecule has 1 N–H and O–H groups in total. The zero-order valence-corrected chi connectivity index (χ0v) is 12.1. The quantitative estimate of drug-likeness (QED) is 0.870. The Kier molecular flexibility index (Phi) is 4.20. The Hall–Kier alpha value is -1.31. The molecule has 2 heteroatoms. The predicted molar refractivity (Wildman–Crippen MR) is 75.0 cm³/mol. The van der Waals surface area contributed by atoms with Crippen molar-refractivity contribution in [2.24, 2.45) is 0 Å². The van der Waals surface area contributed by atoms with E-state index < -0.39 is 11.4 Å². The van der Waals surface area contributed by atoms with Gasteiger partial charge in [-0.25, -0.2) is 0 Å². The van der Waals surface area contributed by atoms with Crippen LogP contribution < -0.4 is 0 Å². The molecule has 0 aliphatic rings. The van der Waals surface area contributed by atoms with Crippen LogP contribution in [0.3, 0.4) is 0 Å². The van der Waals surface area contributed by atoms with Gasteiger partial charge >= 0.3 is 5.97 Å². The number of hydrogen-bond donors (Lipinski definition) is 1. The molecule has 0 bridgehead atoms. The van der Waals surface area contributed by atoms with Crippen molar-refractivity contribution < 1.29 is 9.90 Å². The molecular weight excluding hydrogens is 224 g/mol. The highest BCUT2D eigenvalue weighted by molar-refractivity contribution is 5.80. The second-order valence-corrected chi connectivity index (χ2v) is 6.22. The van der Waals surface area contributed by atoms with Crippen LogP contribution in [0.15, 0.2) is 24.3 Å². The molecule has 0 amide bonds. The summed E-state index contributed by atoms with van der Waals surface area (Å²) in [4.78, 5) is 11.6. The highest BCUT2D eigenvalue weighted by Crippen LogP contribution is 2.32. The van der Waals surface area contributed by atoms with Crippen LogP contribution in [-0.4, -0.2) is 11.1 Å². The van der Waals surface area contributed by atoms with E-state index in [1.165, 1.54) is 5.56 Å². The molecule has 0 aliphatic heterocycles. The van der Waals surface area contributed by atoms with Crippen LogP contribution in [0.5, 0.6) is 0 Å². The van der Waals surface area contributed by atoms with Gasteiger partial charge in [0.2, 0.25) is 0 Å². The zero-order chi connectivity index (χ0) is 14.0. The molecule has 1 unspecified atom stereocenters. The summed E-state index contributed by atoms with van der Waals surface area (Å²) in [5, 5.41) is 9.51. The third kappa shape index (κ3) is 2.92. The molecule has 18 heavy (non-hydrogen) atoms. The van der Waals surface area contributed by atoms with Crippen LogP contribution in [-0.2, 0) is 15.6 Å². The van der Waals surface area contributed by atoms with Crippen molar-refractivity contribution in [1.29, 1.82) is 0 Å². The van der Waals surface area contributed by atoms with Crippen LogP contribution >= 0.6 is 0 Å². The Labute approximate surface area is 110 Å². The van der Waals surface area contributed by atoms with Gasteiger partial charge in [0.25, 0.3) is 0 Å². The van der Waals surface area contributed by atoms with E-state index in [1.54, 1.807) is 0 Å². The molecule has 0 aliphatic carbocycles. The summed E-state index contributed by atoms with van der Waals surface area (Å²) >= 11 is 0. The summed E-state index contributed by atoms with van der Waals surface area (Å²) in [5.41, 5.74) is 1.35. The molecule has 0 saturated carbocycles. The zero-order valence-electron chi connectivity index (χ0n) is 12.1. The second-order valence-electron chi connectivity index (χ2n) is 6.22. The van der Waals surface area contributed by atoms with Crippen LogP contribution in [0, 0.1) is 0 Å². The Morgan fingerprint density at radius 1 is 1.17 bits per heavy atom. The standard InChI is InChI=1S/C16H24O2/c1-6-10-16(5,14(17)18)13-9-7-8-12(11-13)15(2,3)4/h7-9,11H,6,10H2,1-5H3,(H,17,18). The highest BCUT2D eigenvalue weighted by atomic mass is 16.4. The fraction of sp³-hybridized carbons (Fsp3) is 0.562. The normalized spacial score (nSPS) is 15.2. The lowest BCUT2D eigenvalue weighted by molar-refractivity contribution is -0.143. The van der Waals surface area contributed by atoms with Crippen molar-refractivity contribution in [2.75, 3.05) is 0 Å². The first kappa shape index (κ1) is 14.7. The number of carboxylic acid groups (broad SMARTS) is 1. The van der Waals surface area contributed by atoms with E-state index in [0.29, 0.717) is 6.42 Å². The highest BCUT2D eigenvalue weighted by Gasteiger charge is 2.34. The minimum atomic E-state index is -0.782. The van der Waals surface area contributed by atoms with E-state index in [1.807, 2.05) is 32.0 Å². The van der Waals surface area contributed by atoms with Crippen LogP contribution in [0.1, 0.15) is 58.6 Å². The molecule has 2 nitrogen and oxygen atoms in total. The Balaban J connectivity index is 3.27. The number of carboxylic acids is 1. The average molecular weight is 248 g/mol. The van der Waals surface area contributed by atoms with Gasteiger partial charge in [0.05, 0.1) is 5.41 Å². The summed E-state index contributed by atoms with van der Waals surface area (Å²) in [6, 6.07) is 8.01.